The molecule has 0 aliphatic rings. The SMILES string of the molecule is C=C(CCCCC/C=C/COCCOC)Oc1ccc(C)cc1F. The van der Waals surface area contributed by atoms with Gasteiger partial charge in [-0.05, 0) is 43.9 Å². The molecule has 1 rings (SSSR count). The Labute approximate surface area is 145 Å². The lowest BCUT2D eigenvalue weighted by molar-refractivity contribution is 0.0852. The van der Waals surface area contributed by atoms with Crippen LogP contribution in [0, 0.1) is 12.7 Å². The number of aryl methyl sites for hydroxylation is 1. The number of hydrogen-bond donors (Lipinski definition) is 0. The largest absolute Gasteiger partial charge is 0.459 e. The number of rotatable bonds is 13. The van der Waals surface area contributed by atoms with Crippen LogP contribution in [0.1, 0.15) is 37.7 Å². The first-order valence-electron chi connectivity index (χ1n) is 8.47. The van der Waals surface area contributed by atoms with E-state index >= 15 is 0 Å². The van der Waals surface area contributed by atoms with Crippen LogP contribution in [0.15, 0.2) is 42.7 Å². The molecule has 1 aromatic rings. The average molecular weight is 336 g/mol. The summed E-state index contributed by atoms with van der Waals surface area (Å²) in [5.74, 6) is 0.524. The van der Waals surface area contributed by atoms with E-state index in [0.717, 1.165) is 37.7 Å². The minimum absolute atomic E-state index is 0.252. The van der Waals surface area contributed by atoms with Crippen LogP contribution in [0.5, 0.6) is 5.75 Å². The molecule has 4 heteroatoms. The van der Waals surface area contributed by atoms with Crippen molar-refractivity contribution in [2.24, 2.45) is 0 Å². The van der Waals surface area contributed by atoms with Gasteiger partial charge in [-0.2, -0.15) is 0 Å². The molecule has 24 heavy (non-hydrogen) atoms. The van der Waals surface area contributed by atoms with Crippen molar-refractivity contribution in [1.29, 1.82) is 0 Å². The Morgan fingerprint density at radius 2 is 2.00 bits per heavy atom. The van der Waals surface area contributed by atoms with Crippen LogP contribution in [0.25, 0.3) is 0 Å². The number of unbranched alkanes of at least 4 members (excludes halogenated alkanes) is 3. The Kier molecular flexibility index (Phi) is 10.8. The van der Waals surface area contributed by atoms with Gasteiger partial charge in [0.2, 0.25) is 0 Å². The van der Waals surface area contributed by atoms with Gasteiger partial charge in [-0.25, -0.2) is 4.39 Å². The molecule has 0 aliphatic heterocycles. The zero-order valence-corrected chi connectivity index (χ0v) is 14.9. The predicted octanol–water partition coefficient (Wildman–Crippen LogP) is 5.20. The van der Waals surface area contributed by atoms with Crippen LogP contribution in [0.4, 0.5) is 4.39 Å². The fourth-order valence-electron chi connectivity index (χ4n) is 2.14. The summed E-state index contributed by atoms with van der Waals surface area (Å²) in [6.45, 7) is 7.61. The summed E-state index contributed by atoms with van der Waals surface area (Å²) in [4.78, 5) is 0. The van der Waals surface area contributed by atoms with Gasteiger partial charge in [-0.1, -0.05) is 31.2 Å². The number of allylic oxidation sites excluding steroid dienone is 2. The summed E-state index contributed by atoms with van der Waals surface area (Å²) < 4.78 is 29.4. The molecule has 134 valence electrons. The monoisotopic (exact) mass is 336 g/mol. The highest BCUT2D eigenvalue weighted by atomic mass is 19.1. The van der Waals surface area contributed by atoms with Crippen molar-refractivity contribution < 1.29 is 18.6 Å². The molecular weight excluding hydrogens is 307 g/mol. The van der Waals surface area contributed by atoms with Crippen LogP contribution >= 0.6 is 0 Å². The van der Waals surface area contributed by atoms with Crippen LogP contribution in [0.2, 0.25) is 0 Å². The van der Waals surface area contributed by atoms with Crippen molar-refractivity contribution >= 4 is 0 Å². The van der Waals surface area contributed by atoms with E-state index in [2.05, 4.69) is 12.7 Å². The molecule has 0 amide bonds. The van der Waals surface area contributed by atoms with E-state index in [-0.39, 0.29) is 11.6 Å². The standard InChI is InChI=1S/C20H29FO3/c1-17-11-12-20(19(21)16-17)24-18(2)10-8-6-4-5-7-9-13-23-15-14-22-3/h7,9,11-12,16H,2,4-6,8,10,13-15H2,1,3H3/b9-7+. The van der Waals surface area contributed by atoms with Crippen LogP contribution < -0.4 is 4.74 Å². The molecule has 0 aromatic heterocycles. The molecule has 0 heterocycles. The number of methoxy groups -OCH3 is 1. The number of ether oxygens (including phenoxy) is 3. The van der Waals surface area contributed by atoms with Crippen molar-refractivity contribution in [3.8, 4) is 5.75 Å². The third-order valence-corrected chi connectivity index (χ3v) is 3.48. The lowest BCUT2D eigenvalue weighted by atomic mass is 10.1. The molecule has 3 nitrogen and oxygen atoms in total. The zero-order chi connectivity index (χ0) is 17.6. The maximum absolute atomic E-state index is 13.7. The summed E-state index contributed by atoms with van der Waals surface area (Å²) in [6, 6.07) is 4.94. The lowest BCUT2D eigenvalue weighted by Gasteiger charge is -2.09. The topological polar surface area (TPSA) is 27.7 Å². The Hall–Kier alpha value is -1.65. The van der Waals surface area contributed by atoms with E-state index in [1.807, 2.05) is 19.1 Å². The summed E-state index contributed by atoms with van der Waals surface area (Å²) in [5.41, 5.74) is 0.877. The maximum Gasteiger partial charge on any atom is 0.165 e. The molecule has 0 spiro atoms. The van der Waals surface area contributed by atoms with Gasteiger partial charge >= 0.3 is 0 Å². The number of hydrogen-bond acceptors (Lipinski definition) is 3. The highest BCUT2D eigenvalue weighted by Crippen LogP contribution is 2.21. The van der Waals surface area contributed by atoms with E-state index in [4.69, 9.17) is 14.2 Å². The van der Waals surface area contributed by atoms with Crippen molar-refractivity contribution in [3.63, 3.8) is 0 Å². The van der Waals surface area contributed by atoms with Crippen molar-refractivity contribution in [2.75, 3.05) is 26.9 Å². The molecule has 0 radical (unpaired) electrons. The van der Waals surface area contributed by atoms with Gasteiger partial charge in [0, 0.05) is 13.5 Å². The predicted molar refractivity (Wildman–Crippen MR) is 95.8 cm³/mol. The lowest BCUT2D eigenvalue weighted by Crippen LogP contribution is -2.01. The Morgan fingerprint density at radius 1 is 1.17 bits per heavy atom. The van der Waals surface area contributed by atoms with Crippen molar-refractivity contribution in [2.45, 2.75) is 39.0 Å². The summed E-state index contributed by atoms with van der Waals surface area (Å²) >= 11 is 0. The first kappa shape index (κ1) is 20.4. The van der Waals surface area contributed by atoms with Gasteiger partial charge in [-0.3, -0.25) is 0 Å². The minimum Gasteiger partial charge on any atom is -0.459 e. The summed E-state index contributed by atoms with van der Waals surface area (Å²) in [6.07, 6.45) is 9.15. The second kappa shape index (κ2) is 12.7. The van der Waals surface area contributed by atoms with Gasteiger partial charge in [0.15, 0.2) is 11.6 Å². The Balaban J connectivity index is 2.04. The molecule has 0 atom stereocenters. The van der Waals surface area contributed by atoms with Crippen molar-refractivity contribution in [1.82, 2.24) is 0 Å². The molecule has 0 bridgehead atoms. The average Bonchev–Trinajstić information content (AvgIpc) is 2.55. The van der Waals surface area contributed by atoms with Crippen LogP contribution in [-0.2, 0) is 9.47 Å². The second-order valence-electron chi connectivity index (χ2n) is 5.71. The van der Waals surface area contributed by atoms with Crippen molar-refractivity contribution in [3.05, 3.63) is 54.1 Å². The third kappa shape index (κ3) is 9.48. The Morgan fingerprint density at radius 3 is 2.75 bits per heavy atom. The quantitative estimate of drug-likeness (QED) is 0.282. The second-order valence-corrected chi connectivity index (χ2v) is 5.71. The molecule has 1 aromatic carbocycles. The number of halogens is 1. The van der Waals surface area contributed by atoms with Gasteiger partial charge in [0.25, 0.3) is 0 Å². The summed E-state index contributed by atoms with van der Waals surface area (Å²) in [7, 11) is 1.66. The van der Waals surface area contributed by atoms with Crippen LogP contribution in [-0.4, -0.2) is 26.9 Å². The van der Waals surface area contributed by atoms with Gasteiger partial charge in [0.1, 0.15) is 0 Å². The van der Waals surface area contributed by atoms with E-state index in [1.54, 1.807) is 13.2 Å². The minimum atomic E-state index is -0.339. The summed E-state index contributed by atoms with van der Waals surface area (Å²) in [5, 5.41) is 0. The molecule has 0 unspecified atom stereocenters. The number of benzene rings is 1. The van der Waals surface area contributed by atoms with E-state index < -0.39 is 0 Å². The highest BCUT2D eigenvalue weighted by Gasteiger charge is 2.05. The van der Waals surface area contributed by atoms with Gasteiger partial charge in [0.05, 0.1) is 25.6 Å². The molecular formula is C20H29FO3. The zero-order valence-electron chi connectivity index (χ0n) is 14.9. The smallest absolute Gasteiger partial charge is 0.165 e. The van der Waals surface area contributed by atoms with Gasteiger partial charge < -0.3 is 14.2 Å². The highest BCUT2D eigenvalue weighted by molar-refractivity contribution is 5.29. The fourth-order valence-corrected chi connectivity index (χ4v) is 2.14. The molecule has 0 fully saturated rings. The van der Waals surface area contributed by atoms with E-state index in [0.29, 0.717) is 25.6 Å². The normalized spacial score (nSPS) is 11.1. The molecule has 0 saturated heterocycles. The Bertz CT molecular complexity index is 512. The maximum atomic E-state index is 13.7. The van der Waals surface area contributed by atoms with E-state index in [1.165, 1.54) is 6.07 Å². The van der Waals surface area contributed by atoms with E-state index in [9.17, 15) is 4.39 Å². The molecule has 0 N–H and O–H groups in total. The first-order valence-corrected chi connectivity index (χ1v) is 8.47. The van der Waals surface area contributed by atoms with Crippen LogP contribution in [0.3, 0.4) is 0 Å². The fraction of sp³-hybridized carbons (Fsp3) is 0.500. The molecule has 0 aliphatic carbocycles. The first-order chi connectivity index (χ1) is 11.6. The molecule has 0 saturated carbocycles. The van der Waals surface area contributed by atoms with Gasteiger partial charge in [-0.15, -0.1) is 0 Å². The third-order valence-electron chi connectivity index (χ3n) is 3.48.